The van der Waals surface area contributed by atoms with Gasteiger partial charge in [0.15, 0.2) is 0 Å². The van der Waals surface area contributed by atoms with Crippen molar-refractivity contribution in [3.8, 4) is 11.8 Å². The van der Waals surface area contributed by atoms with Gasteiger partial charge in [-0.15, -0.1) is 0 Å². The molecule has 3 heterocycles. The number of likely N-dealkylation sites (N-methyl/N-ethyl adjacent to an activating group) is 1. The molecule has 0 aliphatic carbocycles. The number of amidine groups is 1. The molecular weight excluding hydrogens is 394 g/mol. The number of nitrogens with zero attached hydrogens (tertiary/aromatic N) is 5. The van der Waals surface area contributed by atoms with Gasteiger partial charge in [-0.2, -0.15) is 9.97 Å². The monoisotopic (exact) mass is 419 g/mol. The zero-order chi connectivity index (χ0) is 21.8. The highest BCUT2D eigenvalue weighted by Crippen LogP contribution is 2.26. The van der Waals surface area contributed by atoms with Gasteiger partial charge in [0.05, 0.1) is 5.70 Å². The zero-order valence-electron chi connectivity index (χ0n) is 17.6. The average Bonchev–Trinajstić information content (AvgIpc) is 3.14. The number of carbonyl (C=O) groups is 1. The zero-order valence-corrected chi connectivity index (χ0v) is 17.6. The van der Waals surface area contributed by atoms with Gasteiger partial charge >= 0.3 is 6.01 Å². The van der Waals surface area contributed by atoms with Gasteiger partial charge < -0.3 is 25.2 Å². The lowest BCUT2D eigenvalue weighted by molar-refractivity contribution is -0.114. The molecule has 9 heteroatoms. The number of piperazine rings is 1. The van der Waals surface area contributed by atoms with E-state index in [0.29, 0.717) is 28.8 Å². The van der Waals surface area contributed by atoms with Crippen molar-refractivity contribution in [2.24, 2.45) is 4.99 Å². The maximum absolute atomic E-state index is 11.2. The Morgan fingerprint density at radius 2 is 1.84 bits per heavy atom. The molecule has 4 rings (SSSR count). The van der Waals surface area contributed by atoms with Gasteiger partial charge in [0, 0.05) is 44.9 Å². The lowest BCUT2D eigenvalue weighted by Crippen LogP contribution is -2.44. The number of hydrogen-bond acceptors (Lipinski definition) is 8. The number of hydrogen-bond donors (Lipinski definition) is 2. The summed E-state index contributed by atoms with van der Waals surface area (Å²) in [4.78, 5) is 29.2. The fourth-order valence-electron chi connectivity index (χ4n) is 3.24. The normalized spacial score (nSPS) is 16.3. The number of allylic oxidation sites excluding steroid dienone is 1. The van der Waals surface area contributed by atoms with Crippen LogP contribution < -0.4 is 20.3 Å². The molecule has 9 nitrogen and oxygen atoms in total. The highest BCUT2D eigenvalue weighted by molar-refractivity contribution is 6.06. The first-order valence-electron chi connectivity index (χ1n) is 10.1. The summed E-state index contributed by atoms with van der Waals surface area (Å²) in [7, 11) is 2.11. The van der Waals surface area contributed by atoms with E-state index in [1.54, 1.807) is 24.3 Å². The first-order valence-corrected chi connectivity index (χ1v) is 10.1. The van der Waals surface area contributed by atoms with Gasteiger partial charge in [-0.05, 0) is 43.5 Å². The molecule has 2 N–H and O–H groups in total. The summed E-state index contributed by atoms with van der Waals surface area (Å²) in [6, 6.07) is 9.19. The number of aromatic nitrogens is 2. The van der Waals surface area contributed by atoms with E-state index in [4.69, 9.17) is 4.74 Å². The van der Waals surface area contributed by atoms with E-state index in [1.807, 2.05) is 18.2 Å². The quantitative estimate of drug-likeness (QED) is 0.769. The Labute approximate surface area is 181 Å². The van der Waals surface area contributed by atoms with Crippen LogP contribution >= 0.6 is 0 Å². The molecule has 0 bridgehead atoms. The van der Waals surface area contributed by atoms with Crippen molar-refractivity contribution in [3.63, 3.8) is 0 Å². The number of nitrogens with one attached hydrogen (secondary N) is 2. The van der Waals surface area contributed by atoms with Crippen LogP contribution in [0.15, 0.2) is 59.8 Å². The molecular formula is C22H25N7O2. The lowest BCUT2D eigenvalue weighted by Gasteiger charge is -2.33. The van der Waals surface area contributed by atoms with Gasteiger partial charge in [0.1, 0.15) is 23.2 Å². The number of benzene rings is 1. The molecule has 1 saturated heterocycles. The Morgan fingerprint density at radius 1 is 1.10 bits per heavy atom. The summed E-state index contributed by atoms with van der Waals surface area (Å²) in [5.74, 6) is 2.49. The van der Waals surface area contributed by atoms with Crippen LogP contribution in [-0.4, -0.2) is 59.8 Å². The van der Waals surface area contributed by atoms with Crippen LogP contribution in [0.3, 0.4) is 0 Å². The van der Waals surface area contributed by atoms with E-state index in [1.165, 1.54) is 6.92 Å². The fraction of sp³-hybridized carbons (Fsp3) is 0.273. The van der Waals surface area contributed by atoms with Gasteiger partial charge in [0.25, 0.3) is 0 Å². The number of amides is 1. The molecule has 2 aliphatic heterocycles. The first-order chi connectivity index (χ1) is 14.9. The van der Waals surface area contributed by atoms with Crippen molar-refractivity contribution in [3.05, 3.63) is 54.8 Å². The van der Waals surface area contributed by atoms with E-state index in [2.05, 4.69) is 49.0 Å². The van der Waals surface area contributed by atoms with Crippen molar-refractivity contribution in [1.29, 1.82) is 0 Å². The molecule has 0 saturated carbocycles. The van der Waals surface area contributed by atoms with E-state index in [9.17, 15) is 4.79 Å². The molecule has 0 radical (unpaired) electrons. The Bertz CT molecular complexity index is 1040. The van der Waals surface area contributed by atoms with Gasteiger partial charge in [0.2, 0.25) is 5.91 Å². The summed E-state index contributed by atoms with van der Waals surface area (Å²) in [6.45, 7) is 8.96. The van der Waals surface area contributed by atoms with Gasteiger partial charge in [-0.3, -0.25) is 4.79 Å². The Morgan fingerprint density at radius 3 is 2.48 bits per heavy atom. The van der Waals surface area contributed by atoms with Gasteiger partial charge in [-0.25, -0.2) is 4.99 Å². The van der Waals surface area contributed by atoms with Crippen molar-refractivity contribution in [2.75, 3.05) is 48.8 Å². The molecule has 0 spiro atoms. The van der Waals surface area contributed by atoms with Crippen molar-refractivity contribution < 1.29 is 9.53 Å². The number of ether oxygens (including phenoxy) is 1. The number of aliphatic imine (C=N–C) groups is 1. The minimum atomic E-state index is -0.126. The SMILES string of the molecule is C=C1C=CC(Nc2cc(N3CCN(C)CC3)nc(Oc3ccc(NC(C)=O)cc3)n2)=N1. The number of rotatable bonds is 5. The minimum absolute atomic E-state index is 0.126. The molecule has 1 amide bonds. The summed E-state index contributed by atoms with van der Waals surface area (Å²) < 4.78 is 5.93. The maximum Gasteiger partial charge on any atom is 0.325 e. The summed E-state index contributed by atoms with van der Waals surface area (Å²) in [5, 5.41) is 5.93. The third kappa shape index (κ3) is 5.46. The number of anilines is 3. The smallest absolute Gasteiger partial charge is 0.325 e. The second-order valence-corrected chi connectivity index (χ2v) is 7.44. The molecule has 1 aromatic carbocycles. The topological polar surface area (TPSA) is 95.0 Å². The molecule has 160 valence electrons. The van der Waals surface area contributed by atoms with E-state index in [0.717, 1.165) is 32.0 Å². The average molecular weight is 419 g/mol. The van der Waals surface area contributed by atoms with Crippen molar-refractivity contribution in [2.45, 2.75) is 6.92 Å². The second kappa shape index (κ2) is 8.97. The van der Waals surface area contributed by atoms with Crippen LogP contribution in [0.2, 0.25) is 0 Å². The maximum atomic E-state index is 11.2. The van der Waals surface area contributed by atoms with Crippen LogP contribution in [0.5, 0.6) is 11.8 Å². The Kier molecular flexibility index (Phi) is 5.94. The van der Waals surface area contributed by atoms with Crippen LogP contribution in [0.4, 0.5) is 17.3 Å². The third-order valence-electron chi connectivity index (χ3n) is 4.86. The van der Waals surface area contributed by atoms with Crippen LogP contribution in [0, 0.1) is 0 Å². The number of carbonyl (C=O) groups excluding carboxylic acids is 1. The van der Waals surface area contributed by atoms with Crippen molar-refractivity contribution >= 4 is 29.1 Å². The standard InChI is InChI=1S/C22H25N7O2/c1-15-4-9-19(23-15)25-20-14-21(29-12-10-28(3)11-13-29)27-22(26-20)31-18-7-5-17(6-8-18)24-16(2)30/h4-9,14H,1,10-13H2,2-3H3,(H,24,30)(H,23,25,26,27). The molecule has 31 heavy (non-hydrogen) atoms. The highest BCUT2D eigenvalue weighted by atomic mass is 16.5. The Balaban J connectivity index is 1.57. The van der Waals surface area contributed by atoms with Crippen molar-refractivity contribution in [1.82, 2.24) is 14.9 Å². The molecule has 2 aromatic rings. The minimum Gasteiger partial charge on any atom is -0.424 e. The molecule has 1 aromatic heterocycles. The summed E-state index contributed by atoms with van der Waals surface area (Å²) in [5.41, 5.74) is 1.38. The molecule has 1 fully saturated rings. The lowest BCUT2D eigenvalue weighted by atomic mass is 10.3. The van der Waals surface area contributed by atoms with E-state index < -0.39 is 0 Å². The van der Waals surface area contributed by atoms with Crippen LogP contribution in [0.25, 0.3) is 0 Å². The van der Waals surface area contributed by atoms with E-state index >= 15 is 0 Å². The fourth-order valence-corrected chi connectivity index (χ4v) is 3.24. The summed E-state index contributed by atoms with van der Waals surface area (Å²) in [6.07, 6.45) is 3.68. The van der Waals surface area contributed by atoms with E-state index in [-0.39, 0.29) is 11.9 Å². The van der Waals surface area contributed by atoms with Gasteiger partial charge in [-0.1, -0.05) is 6.58 Å². The molecule has 0 atom stereocenters. The largest absolute Gasteiger partial charge is 0.424 e. The summed E-state index contributed by atoms with van der Waals surface area (Å²) >= 11 is 0. The predicted octanol–water partition coefficient (Wildman–Crippen LogP) is 2.87. The molecule has 2 aliphatic rings. The highest BCUT2D eigenvalue weighted by Gasteiger charge is 2.18. The predicted molar refractivity (Wildman–Crippen MR) is 122 cm³/mol. The molecule has 0 unspecified atom stereocenters. The van der Waals surface area contributed by atoms with Crippen LogP contribution in [0.1, 0.15) is 6.92 Å². The van der Waals surface area contributed by atoms with Crippen LogP contribution in [-0.2, 0) is 4.79 Å². The second-order valence-electron chi connectivity index (χ2n) is 7.44. The Hall–Kier alpha value is -3.72. The third-order valence-corrected chi connectivity index (χ3v) is 4.86. The first kappa shape index (κ1) is 20.5.